The first-order valence-electron chi connectivity index (χ1n) is 6.13. The molecule has 1 aromatic carbocycles. The standard InChI is InChI=1S/C13H14F2N4O2/c1-8-6-9(20)2-3-10(8)16-13(21)17-12-4-5-19(18-12)7-11(14)15/h2-6,11,20H,7H2,1H3,(H2,16,17,18,21). The summed E-state index contributed by atoms with van der Waals surface area (Å²) in [6.07, 6.45) is -1.15. The number of anilines is 2. The quantitative estimate of drug-likeness (QED) is 0.759. The van der Waals surface area contributed by atoms with Crippen LogP contribution in [0.1, 0.15) is 5.56 Å². The third-order valence-electron chi connectivity index (χ3n) is 2.67. The van der Waals surface area contributed by atoms with Crippen molar-refractivity contribution in [3.05, 3.63) is 36.0 Å². The number of rotatable bonds is 4. The highest BCUT2D eigenvalue weighted by Crippen LogP contribution is 2.20. The molecular formula is C13H14F2N4O2. The molecule has 0 bridgehead atoms. The van der Waals surface area contributed by atoms with Gasteiger partial charge in [-0.15, -0.1) is 0 Å². The number of alkyl halides is 2. The molecule has 0 spiro atoms. The minimum absolute atomic E-state index is 0.101. The van der Waals surface area contributed by atoms with Gasteiger partial charge in [0.2, 0.25) is 0 Å². The number of aromatic hydroxyl groups is 1. The van der Waals surface area contributed by atoms with Crippen LogP contribution in [0.3, 0.4) is 0 Å². The van der Waals surface area contributed by atoms with Gasteiger partial charge in [0.05, 0.1) is 0 Å². The summed E-state index contributed by atoms with van der Waals surface area (Å²) in [5.41, 5.74) is 1.21. The monoisotopic (exact) mass is 296 g/mol. The van der Waals surface area contributed by atoms with Crippen molar-refractivity contribution >= 4 is 17.5 Å². The SMILES string of the molecule is Cc1cc(O)ccc1NC(=O)Nc1ccn(CC(F)F)n1. The minimum Gasteiger partial charge on any atom is -0.508 e. The summed E-state index contributed by atoms with van der Waals surface area (Å²) >= 11 is 0. The van der Waals surface area contributed by atoms with Gasteiger partial charge in [-0.05, 0) is 30.7 Å². The molecule has 2 rings (SSSR count). The molecule has 2 amide bonds. The highest BCUT2D eigenvalue weighted by Gasteiger charge is 2.09. The molecule has 0 fully saturated rings. The van der Waals surface area contributed by atoms with Crippen molar-refractivity contribution in [3.63, 3.8) is 0 Å². The number of aryl methyl sites for hydroxylation is 1. The maximum absolute atomic E-state index is 12.2. The number of nitrogens with zero attached hydrogens (tertiary/aromatic N) is 2. The van der Waals surface area contributed by atoms with Gasteiger partial charge in [0.1, 0.15) is 12.3 Å². The number of aromatic nitrogens is 2. The number of halogens is 2. The molecule has 2 aromatic rings. The zero-order valence-electron chi connectivity index (χ0n) is 11.2. The second-order valence-corrected chi connectivity index (χ2v) is 4.39. The second-order valence-electron chi connectivity index (χ2n) is 4.39. The molecule has 3 N–H and O–H groups in total. The van der Waals surface area contributed by atoms with Crippen LogP contribution in [-0.4, -0.2) is 27.3 Å². The van der Waals surface area contributed by atoms with Crippen LogP contribution < -0.4 is 10.6 Å². The second kappa shape index (κ2) is 6.21. The van der Waals surface area contributed by atoms with Crippen molar-refractivity contribution in [1.82, 2.24) is 9.78 Å². The Kier molecular flexibility index (Phi) is 4.36. The van der Waals surface area contributed by atoms with Crippen LogP contribution in [-0.2, 0) is 6.54 Å². The van der Waals surface area contributed by atoms with Crippen molar-refractivity contribution < 1.29 is 18.7 Å². The van der Waals surface area contributed by atoms with E-state index in [1.54, 1.807) is 13.0 Å². The summed E-state index contributed by atoms with van der Waals surface area (Å²) in [5, 5.41) is 18.1. The Labute approximate surface area is 119 Å². The Balaban J connectivity index is 1.96. The number of hydrogen-bond acceptors (Lipinski definition) is 3. The van der Waals surface area contributed by atoms with Gasteiger partial charge in [0, 0.05) is 18.0 Å². The third kappa shape index (κ3) is 4.16. The van der Waals surface area contributed by atoms with Gasteiger partial charge in [-0.25, -0.2) is 13.6 Å². The summed E-state index contributed by atoms with van der Waals surface area (Å²) in [5.74, 6) is 0.272. The fourth-order valence-corrected chi connectivity index (χ4v) is 1.73. The molecule has 0 aliphatic carbocycles. The number of carbonyl (C=O) groups excluding carboxylic acids is 1. The van der Waals surface area contributed by atoms with E-state index >= 15 is 0 Å². The highest BCUT2D eigenvalue weighted by molar-refractivity contribution is 5.99. The van der Waals surface area contributed by atoms with Crippen LogP contribution in [0.15, 0.2) is 30.5 Å². The molecule has 0 radical (unpaired) electrons. The number of carbonyl (C=O) groups is 1. The van der Waals surface area contributed by atoms with Crippen LogP contribution in [0.25, 0.3) is 0 Å². The maximum atomic E-state index is 12.2. The topological polar surface area (TPSA) is 79.2 Å². The van der Waals surface area contributed by atoms with Gasteiger partial charge in [-0.1, -0.05) is 0 Å². The lowest BCUT2D eigenvalue weighted by Gasteiger charge is -2.08. The first-order valence-corrected chi connectivity index (χ1v) is 6.13. The Morgan fingerprint density at radius 1 is 1.38 bits per heavy atom. The summed E-state index contributed by atoms with van der Waals surface area (Å²) in [4.78, 5) is 11.8. The Morgan fingerprint density at radius 2 is 2.14 bits per heavy atom. The number of phenols is 1. The normalized spacial score (nSPS) is 10.7. The van der Waals surface area contributed by atoms with E-state index in [0.717, 1.165) is 4.68 Å². The van der Waals surface area contributed by atoms with Crippen molar-refractivity contribution in [2.24, 2.45) is 0 Å². The Bertz CT molecular complexity index is 643. The van der Waals surface area contributed by atoms with Gasteiger partial charge < -0.3 is 10.4 Å². The third-order valence-corrected chi connectivity index (χ3v) is 2.67. The number of phenolic OH excluding ortho intramolecular Hbond substituents is 1. The number of amides is 2. The van der Waals surface area contributed by atoms with Crippen LogP contribution in [0.5, 0.6) is 5.75 Å². The predicted octanol–water partition coefficient (Wildman–Crippen LogP) is 2.81. The average molecular weight is 296 g/mol. The molecule has 0 aliphatic rings. The highest BCUT2D eigenvalue weighted by atomic mass is 19.3. The summed E-state index contributed by atoms with van der Waals surface area (Å²) in [7, 11) is 0. The molecule has 8 heteroatoms. The fourth-order valence-electron chi connectivity index (χ4n) is 1.73. The minimum atomic E-state index is -2.51. The smallest absolute Gasteiger partial charge is 0.324 e. The van der Waals surface area contributed by atoms with E-state index in [0.29, 0.717) is 11.3 Å². The van der Waals surface area contributed by atoms with Crippen LogP contribution >= 0.6 is 0 Å². The summed E-state index contributed by atoms with van der Waals surface area (Å²) < 4.78 is 25.4. The molecule has 21 heavy (non-hydrogen) atoms. The van der Waals surface area contributed by atoms with E-state index in [4.69, 9.17) is 0 Å². The number of benzene rings is 1. The van der Waals surface area contributed by atoms with E-state index in [1.165, 1.54) is 24.4 Å². The van der Waals surface area contributed by atoms with E-state index in [9.17, 15) is 18.7 Å². The lowest BCUT2D eigenvalue weighted by atomic mass is 10.2. The molecule has 6 nitrogen and oxygen atoms in total. The van der Waals surface area contributed by atoms with Gasteiger partial charge in [-0.3, -0.25) is 10.00 Å². The maximum Gasteiger partial charge on any atom is 0.324 e. The zero-order chi connectivity index (χ0) is 15.4. The number of urea groups is 1. The van der Waals surface area contributed by atoms with Gasteiger partial charge in [0.25, 0.3) is 6.43 Å². The zero-order valence-corrected chi connectivity index (χ0v) is 11.2. The van der Waals surface area contributed by atoms with Crippen LogP contribution in [0, 0.1) is 6.92 Å². The molecule has 0 saturated carbocycles. The molecule has 112 valence electrons. The lowest BCUT2D eigenvalue weighted by molar-refractivity contribution is 0.122. The molecular weight excluding hydrogens is 282 g/mol. The molecule has 1 aromatic heterocycles. The average Bonchev–Trinajstić information content (AvgIpc) is 2.79. The Hall–Kier alpha value is -2.64. The van der Waals surface area contributed by atoms with E-state index in [1.807, 2.05) is 0 Å². The number of hydrogen-bond donors (Lipinski definition) is 3. The van der Waals surface area contributed by atoms with Crippen molar-refractivity contribution in [2.75, 3.05) is 10.6 Å². The first kappa shape index (κ1) is 14.8. The fraction of sp³-hybridized carbons (Fsp3) is 0.231. The molecule has 0 atom stereocenters. The van der Waals surface area contributed by atoms with Crippen molar-refractivity contribution in [1.29, 1.82) is 0 Å². The molecule has 1 heterocycles. The van der Waals surface area contributed by atoms with Crippen molar-refractivity contribution in [2.45, 2.75) is 19.9 Å². The van der Waals surface area contributed by atoms with E-state index < -0.39 is 19.0 Å². The van der Waals surface area contributed by atoms with Gasteiger partial charge in [0.15, 0.2) is 5.82 Å². The van der Waals surface area contributed by atoms with Gasteiger partial charge >= 0.3 is 6.03 Å². The molecule has 0 aliphatic heterocycles. The van der Waals surface area contributed by atoms with E-state index in [-0.39, 0.29) is 11.6 Å². The Morgan fingerprint density at radius 3 is 2.81 bits per heavy atom. The van der Waals surface area contributed by atoms with Crippen molar-refractivity contribution in [3.8, 4) is 5.75 Å². The largest absolute Gasteiger partial charge is 0.508 e. The van der Waals surface area contributed by atoms with Gasteiger partial charge in [-0.2, -0.15) is 5.10 Å². The molecule has 0 saturated heterocycles. The summed E-state index contributed by atoms with van der Waals surface area (Å²) in [6.45, 7) is 1.20. The lowest BCUT2D eigenvalue weighted by Crippen LogP contribution is -2.20. The van der Waals surface area contributed by atoms with Crippen LogP contribution in [0.4, 0.5) is 25.1 Å². The van der Waals surface area contributed by atoms with E-state index in [2.05, 4.69) is 15.7 Å². The summed E-state index contributed by atoms with van der Waals surface area (Å²) in [6, 6.07) is 5.38. The number of nitrogens with one attached hydrogen (secondary N) is 2. The first-order chi connectivity index (χ1) is 9.94. The molecule has 0 unspecified atom stereocenters. The van der Waals surface area contributed by atoms with Crippen LogP contribution in [0.2, 0.25) is 0 Å². The predicted molar refractivity (Wildman–Crippen MR) is 73.7 cm³/mol.